The molecule has 0 aromatic carbocycles. The summed E-state index contributed by atoms with van der Waals surface area (Å²) in [5, 5.41) is 6.08. The molecule has 2 heterocycles. The third-order valence-electron chi connectivity index (χ3n) is 2.68. The number of nitrogens with zero attached hydrogens (tertiary/aromatic N) is 1. The molecule has 0 spiro atoms. The second-order valence-corrected chi connectivity index (χ2v) is 4.97. The molecule has 0 atom stereocenters. The van der Waals surface area contributed by atoms with Crippen LogP contribution in [0.3, 0.4) is 0 Å². The molecular weight excluding hydrogens is 304 g/mol. The molecule has 0 aliphatic heterocycles. The van der Waals surface area contributed by atoms with Gasteiger partial charge in [-0.3, -0.25) is 14.6 Å². The summed E-state index contributed by atoms with van der Waals surface area (Å²) >= 11 is 1.49. The van der Waals surface area contributed by atoms with E-state index in [0.717, 1.165) is 10.1 Å². The quantitative estimate of drug-likeness (QED) is 0.562. The third-order valence-corrected chi connectivity index (χ3v) is 3.38. The van der Waals surface area contributed by atoms with E-state index in [2.05, 4.69) is 16.2 Å². The molecular formula is C14H12N4O3S. The van der Waals surface area contributed by atoms with E-state index in [-0.39, 0.29) is 18.1 Å². The lowest BCUT2D eigenvalue weighted by Crippen LogP contribution is -2.37. The Kier molecular flexibility index (Phi) is 4.60. The monoisotopic (exact) mass is 316 g/mol. The van der Waals surface area contributed by atoms with Gasteiger partial charge in [0.1, 0.15) is 11.5 Å². The number of aromatic amines is 1. The summed E-state index contributed by atoms with van der Waals surface area (Å²) in [6.45, 7) is -0.220. The van der Waals surface area contributed by atoms with Crippen molar-refractivity contribution < 1.29 is 4.79 Å². The number of nitrogen functional groups attached to an aromatic ring is 1. The smallest absolute Gasteiger partial charge is 0.330 e. The van der Waals surface area contributed by atoms with Gasteiger partial charge in [-0.2, -0.15) is 11.3 Å². The van der Waals surface area contributed by atoms with Gasteiger partial charge in [0.25, 0.3) is 5.56 Å². The van der Waals surface area contributed by atoms with E-state index >= 15 is 0 Å². The van der Waals surface area contributed by atoms with Gasteiger partial charge in [0.15, 0.2) is 0 Å². The van der Waals surface area contributed by atoms with E-state index in [1.54, 1.807) is 6.08 Å². The molecule has 1 amide bonds. The predicted octanol–water partition coefficient (Wildman–Crippen LogP) is 0.465. The van der Waals surface area contributed by atoms with Crippen molar-refractivity contribution in [3.63, 3.8) is 0 Å². The van der Waals surface area contributed by atoms with Crippen molar-refractivity contribution in [3.05, 3.63) is 49.3 Å². The van der Waals surface area contributed by atoms with Gasteiger partial charge in [-0.15, -0.1) is 6.42 Å². The number of H-pyrrole nitrogens is 1. The second-order valence-electron chi connectivity index (χ2n) is 4.19. The molecule has 0 radical (unpaired) electrons. The lowest BCUT2D eigenvalue weighted by molar-refractivity contribution is -0.111. The second kappa shape index (κ2) is 6.60. The molecule has 7 nitrogen and oxygen atoms in total. The van der Waals surface area contributed by atoms with Crippen LogP contribution in [-0.2, 0) is 11.3 Å². The highest BCUT2D eigenvalue weighted by atomic mass is 32.1. The Morgan fingerprint density at radius 1 is 1.55 bits per heavy atom. The van der Waals surface area contributed by atoms with Crippen LogP contribution in [0.5, 0.6) is 0 Å². The zero-order chi connectivity index (χ0) is 16.1. The molecule has 4 N–H and O–H groups in total. The Labute approximate surface area is 129 Å². The fraction of sp³-hybridized carbons (Fsp3) is 0.0714. The predicted molar refractivity (Wildman–Crippen MR) is 86.6 cm³/mol. The minimum absolute atomic E-state index is 0.213. The molecule has 0 aliphatic rings. The minimum atomic E-state index is -0.753. The van der Waals surface area contributed by atoms with Crippen LogP contribution < -0.4 is 22.3 Å². The number of nitrogens with two attached hydrogens (primary N) is 1. The summed E-state index contributed by atoms with van der Waals surface area (Å²) in [5.74, 6) is 1.42. The van der Waals surface area contributed by atoms with Crippen molar-refractivity contribution in [3.8, 4) is 12.3 Å². The van der Waals surface area contributed by atoms with Crippen LogP contribution in [0.15, 0.2) is 32.5 Å². The van der Waals surface area contributed by atoms with Crippen LogP contribution >= 0.6 is 11.3 Å². The van der Waals surface area contributed by atoms with E-state index in [0.29, 0.717) is 0 Å². The van der Waals surface area contributed by atoms with E-state index < -0.39 is 17.2 Å². The van der Waals surface area contributed by atoms with Crippen LogP contribution in [0, 0.1) is 12.3 Å². The first-order valence-electron chi connectivity index (χ1n) is 6.10. The molecule has 8 heteroatoms. The lowest BCUT2D eigenvalue weighted by atomic mass is 10.3. The van der Waals surface area contributed by atoms with Gasteiger partial charge in [-0.25, -0.2) is 9.36 Å². The Balaban J connectivity index is 2.28. The highest BCUT2D eigenvalue weighted by Gasteiger charge is 2.13. The number of rotatable bonds is 4. The molecule has 2 rings (SSSR count). The molecule has 0 saturated heterocycles. The van der Waals surface area contributed by atoms with Gasteiger partial charge < -0.3 is 11.1 Å². The Morgan fingerprint density at radius 3 is 2.95 bits per heavy atom. The van der Waals surface area contributed by atoms with Crippen molar-refractivity contribution in [1.29, 1.82) is 0 Å². The maximum absolute atomic E-state index is 12.1. The summed E-state index contributed by atoms with van der Waals surface area (Å²) in [5.41, 5.74) is 4.73. The first-order valence-corrected chi connectivity index (χ1v) is 7.04. The van der Waals surface area contributed by atoms with Crippen LogP contribution in [0.25, 0.3) is 6.08 Å². The molecule has 22 heavy (non-hydrogen) atoms. The first-order chi connectivity index (χ1) is 10.5. The number of amides is 1. The number of aromatic nitrogens is 2. The summed E-state index contributed by atoms with van der Waals surface area (Å²) in [6.07, 6.45) is 7.95. The van der Waals surface area contributed by atoms with Crippen molar-refractivity contribution in [1.82, 2.24) is 9.55 Å². The summed E-state index contributed by atoms with van der Waals surface area (Å²) < 4.78 is 0.772. The molecule has 0 unspecified atom stereocenters. The number of carbonyl (C=O) groups is 1. The van der Waals surface area contributed by atoms with Crippen molar-refractivity contribution in [2.24, 2.45) is 0 Å². The van der Waals surface area contributed by atoms with Gasteiger partial charge >= 0.3 is 5.69 Å². The minimum Gasteiger partial charge on any atom is -0.383 e. The number of terminal acetylenes is 1. The normalized spacial score (nSPS) is 10.5. The largest absolute Gasteiger partial charge is 0.383 e. The number of hydrogen-bond donors (Lipinski definition) is 3. The van der Waals surface area contributed by atoms with E-state index in [1.165, 1.54) is 17.4 Å². The molecule has 112 valence electrons. The van der Waals surface area contributed by atoms with Gasteiger partial charge in [0, 0.05) is 6.08 Å². The van der Waals surface area contributed by atoms with Crippen molar-refractivity contribution in [2.75, 3.05) is 11.1 Å². The summed E-state index contributed by atoms with van der Waals surface area (Å²) in [7, 11) is 0. The highest BCUT2D eigenvalue weighted by Crippen LogP contribution is 2.09. The first kappa shape index (κ1) is 15.3. The van der Waals surface area contributed by atoms with Crippen molar-refractivity contribution in [2.45, 2.75) is 6.54 Å². The number of nitrogens with one attached hydrogen (secondary N) is 2. The van der Waals surface area contributed by atoms with E-state index in [9.17, 15) is 14.4 Å². The van der Waals surface area contributed by atoms with Gasteiger partial charge in [0.2, 0.25) is 5.91 Å². The molecule has 0 fully saturated rings. The van der Waals surface area contributed by atoms with E-state index in [4.69, 9.17) is 12.2 Å². The van der Waals surface area contributed by atoms with Crippen LogP contribution in [0.1, 0.15) is 5.56 Å². The zero-order valence-corrected chi connectivity index (χ0v) is 12.1. The molecule has 2 aromatic heterocycles. The molecule has 0 saturated carbocycles. The number of thiophene rings is 1. The molecule has 0 aliphatic carbocycles. The maximum atomic E-state index is 12.1. The Morgan fingerprint density at radius 2 is 2.32 bits per heavy atom. The fourth-order valence-electron chi connectivity index (χ4n) is 1.65. The number of anilines is 2. The van der Waals surface area contributed by atoms with E-state index in [1.807, 2.05) is 16.8 Å². The molecule has 2 aromatic rings. The fourth-order valence-corrected chi connectivity index (χ4v) is 2.28. The standard InChI is InChI=1S/C14H12N4O3S/c1-2-6-18-13(20)11(12(15)17-14(18)21)16-10(19)4-3-9-5-7-22-8-9/h1,3-5,7-8H,6,15H2,(H,16,19)(H,17,21)/b4-3+. The zero-order valence-electron chi connectivity index (χ0n) is 11.3. The van der Waals surface area contributed by atoms with Gasteiger partial charge in [-0.1, -0.05) is 5.92 Å². The SMILES string of the molecule is C#CCn1c(=O)[nH]c(N)c(NC(=O)/C=C/c2ccsc2)c1=O. The van der Waals surface area contributed by atoms with Crippen LogP contribution in [0.2, 0.25) is 0 Å². The summed E-state index contributed by atoms with van der Waals surface area (Å²) in [4.78, 5) is 37.8. The molecule has 0 bridgehead atoms. The summed E-state index contributed by atoms with van der Waals surface area (Å²) in [6, 6.07) is 1.84. The maximum Gasteiger partial charge on any atom is 0.330 e. The van der Waals surface area contributed by atoms with Crippen LogP contribution in [-0.4, -0.2) is 15.5 Å². The Hall–Kier alpha value is -3.05. The third kappa shape index (κ3) is 3.34. The topological polar surface area (TPSA) is 110 Å². The average molecular weight is 316 g/mol. The number of carbonyl (C=O) groups excluding carboxylic acids is 1. The van der Waals surface area contributed by atoms with Gasteiger partial charge in [-0.05, 0) is 28.5 Å². The average Bonchev–Trinajstić information content (AvgIpc) is 2.99. The Bertz CT molecular complexity index is 869. The lowest BCUT2D eigenvalue weighted by Gasteiger charge is -2.07. The van der Waals surface area contributed by atoms with Crippen molar-refractivity contribution >= 4 is 34.8 Å². The number of hydrogen-bond acceptors (Lipinski definition) is 5. The van der Waals surface area contributed by atoms with Crippen LogP contribution in [0.4, 0.5) is 11.5 Å². The van der Waals surface area contributed by atoms with Gasteiger partial charge in [0.05, 0.1) is 6.54 Å². The highest BCUT2D eigenvalue weighted by molar-refractivity contribution is 7.08.